The first-order valence-corrected chi connectivity index (χ1v) is 9.56. The summed E-state index contributed by atoms with van der Waals surface area (Å²) >= 11 is 6.06. The number of benzene rings is 1. The lowest BCUT2D eigenvalue weighted by Crippen LogP contribution is -2.36. The zero-order valence-electron chi connectivity index (χ0n) is 13.9. The predicted octanol–water partition coefficient (Wildman–Crippen LogP) is 2.37. The average molecular weight is 363 g/mol. The van der Waals surface area contributed by atoms with Crippen LogP contribution in [0.1, 0.15) is 20.3 Å². The Morgan fingerprint density at radius 2 is 1.87 bits per heavy atom. The van der Waals surface area contributed by atoms with Crippen LogP contribution in [0.2, 0.25) is 5.02 Å². The van der Waals surface area contributed by atoms with Crippen LogP contribution in [0.4, 0.5) is 5.69 Å². The number of anilines is 1. The van der Waals surface area contributed by atoms with Crippen LogP contribution in [-0.4, -0.2) is 52.2 Å². The second-order valence-electron chi connectivity index (χ2n) is 4.97. The Morgan fingerprint density at radius 3 is 2.30 bits per heavy atom. The smallest absolute Gasteiger partial charge is 0.232 e. The number of carbonyl (C=O) groups excluding carboxylic acids is 1. The standard InChI is InChI=1S/C15H23ClN2O4S/c1-5-17(6-2)15(19)9-10-18(23(4,20)21)12-7-8-14(22-3)13(16)11-12/h7-8,11H,5-6,9-10H2,1-4H3. The van der Waals surface area contributed by atoms with Gasteiger partial charge in [-0.2, -0.15) is 0 Å². The Hall–Kier alpha value is -1.47. The van der Waals surface area contributed by atoms with E-state index in [0.29, 0.717) is 29.5 Å². The summed E-state index contributed by atoms with van der Waals surface area (Å²) in [6.07, 6.45) is 1.21. The molecule has 0 saturated carbocycles. The fourth-order valence-corrected chi connectivity index (χ4v) is 3.40. The summed E-state index contributed by atoms with van der Waals surface area (Å²) in [6, 6.07) is 4.72. The number of amides is 1. The zero-order valence-corrected chi connectivity index (χ0v) is 15.4. The molecule has 0 aliphatic carbocycles. The molecule has 0 saturated heterocycles. The summed E-state index contributed by atoms with van der Waals surface area (Å²) in [6.45, 7) is 5.04. The number of hydrogen-bond donors (Lipinski definition) is 0. The minimum Gasteiger partial charge on any atom is -0.495 e. The lowest BCUT2D eigenvalue weighted by Gasteiger charge is -2.25. The van der Waals surface area contributed by atoms with Crippen LogP contribution in [0.15, 0.2) is 18.2 Å². The van der Waals surface area contributed by atoms with E-state index >= 15 is 0 Å². The van der Waals surface area contributed by atoms with E-state index in [1.54, 1.807) is 17.0 Å². The highest BCUT2D eigenvalue weighted by atomic mass is 35.5. The summed E-state index contributed by atoms with van der Waals surface area (Å²) in [5, 5.41) is 0.314. The molecule has 0 bridgehead atoms. The molecular weight excluding hydrogens is 340 g/mol. The molecule has 0 spiro atoms. The summed E-state index contributed by atoms with van der Waals surface area (Å²) in [7, 11) is -2.04. The molecule has 0 aromatic heterocycles. The Bertz CT molecular complexity index is 645. The number of rotatable bonds is 8. The maximum Gasteiger partial charge on any atom is 0.232 e. The molecule has 0 N–H and O–H groups in total. The number of hydrogen-bond acceptors (Lipinski definition) is 4. The van der Waals surface area contributed by atoms with Crippen molar-refractivity contribution in [2.24, 2.45) is 0 Å². The normalized spacial score (nSPS) is 11.2. The van der Waals surface area contributed by atoms with E-state index < -0.39 is 10.0 Å². The van der Waals surface area contributed by atoms with Gasteiger partial charge in [0.05, 0.1) is 24.1 Å². The predicted molar refractivity (Wildman–Crippen MR) is 92.7 cm³/mol. The highest BCUT2D eigenvalue weighted by Crippen LogP contribution is 2.30. The van der Waals surface area contributed by atoms with Crippen molar-refractivity contribution in [3.05, 3.63) is 23.2 Å². The molecule has 0 heterocycles. The number of methoxy groups -OCH3 is 1. The van der Waals surface area contributed by atoms with Gasteiger partial charge in [0, 0.05) is 26.1 Å². The lowest BCUT2D eigenvalue weighted by atomic mass is 10.3. The van der Waals surface area contributed by atoms with Crippen LogP contribution in [0.3, 0.4) is 0 Å². The number of carbonyl (C=O) groups is 1. The van der Waals surface area contributed by atoms with Gasteiger partial charge in [-0.15, -0.1) is 0 Å². The van der Waals surface area contributed by atoms with Gasteiger partial charge in [-0.3, -0.25) is 9.10 Å². The third kappa shape index (κ3) is 5.28. The molecule has 1 rings (SSSR count). The number of sulfonamides is 1. The van der Waals surface area contributed by atoms with Gasteiger partial charge in [-0.1, -0.05) is 11.6 Å². The van der Waals surface area contributed by atoms with Crippen molar-refractivity contribution in [2.45, 2.75) is 20.3 Å². The van der Waals surface area contributed by atoms with E-state index in [1.165, 1.54) is 17.5 Å². The monoisotopic (exact) mass is 362 g/mol. The molecule has 0 aliphatic rings. The van der Waals surface area contributed by atoms with Crippen molar-refractivity contribution < 1.29 is 17.9 Å². The summed E-state index contributed by atoms with van der Waals surface area (Å²) < 4.78 is 30.3. The fraction of sp³-hybridized carbons (Fsp3) is 0.533. The number of nitrogens with zero attached hydrogens (tertiary/aromatic N) is 2. The summed E-state index contributed by atoms with van der Waals surface area (Å²) in [4.78, 5) is 13.8. The summed E-state index contributed by atoms with van der Waals surface area (Å²) in [5.41, 5.74) is 0.408. The minimum atomic E-state index is -3.53. The van der Waals surface area contributed by atoms with Gasteiger partial charge >= 0.3 is 0 Å². The first-order chi connectivity index (χ1) is 10.7. The van der Waals surface area contributed by atoms with Gasteiger partial charge in [0.1, 0.15) is 5.75 Å². The van der Waals surface area contributed by atoms with Crippen molar-refractivity contribution in [2.75, 3.05) is 37.3 Å². The first-order valence-electron chi connectivity index (χ1n) is 7.33. The Labute approximate surface area is 143 Å². The maximum absolute atomic E-state index is 12.1. The minimum absolute atomic E-state index is 0.0663. The van der Waals surface area contributed by atoms with E-state index in [2.05, 4.69) is 0 Å². The SMILES string of the molecule is CCN(CC)C(=O)CCN(c1ccc(OC)c(Cl)c1)S(C)(=O)=O. The molecule has 6 nitrogen and oxygen atoms in total. The zero-order chi connectivity index (χ0) is 17.6. The highest BCUT2D eigenvalue weighted by Gasteiger charge is 2.21. The van der Waals surface area contributed by atoms with Crippen LogP contribution in [0.25, 0.3) is 0 Å². The van der Waals surface area contributed by atoms with Gasteiger partial charge in [0.25, 0.3) is 0 Å². The topological polar surface area (TPSA) is 66.9 Å². The molecule has 0 radical (unpaired) electrons. The molecule has 0 fully saturated rings. The van der Waals surface area contributed by atoms with Gasteiger partial charge in [-0.25, -0.2) is 8.42 Å². The van der Waals surface area contributed by atoms with Crippen LogP contribution >= 0.6 is 11.6 Å². The van der Waals surface area contributed by atoms with Crippen molar-refractivity contribution in [3.8, 4) is 5.75 Å². The van der Waals surface area contributed by atoms with E-state index in [9.17, 15) is 13.2 Å². The molecule has 23 heavy (non-hydrogen) atoms. The third-order valence-corrected chi connectivity index (χ3v) is 4.96. The highest BCUT2D eigenvalue weighted by molar-refractivity contribution is 7.92. The maximum atomic E-state index is 12.1. The molecule has 0 aliphatic heterocycles. The van der Waals surface area contributed by atoms with Crippen LogP contribution in [-0.2, 0) is 14.8 Å². The molecule has 8 heteroatoms. The van der Waals surface area contributed by atoms with E-state index in [-0.39, 0.29) is 18.9 Å². The van der Waals surface area contributed by atoms with Crippen molar-refractivity contribution >= 4 is 33.2 Å². The van der Waals surface area contributed by atoms with E-state index in [0.717, 1.165) is 6.26 Å². The van der Waals surface area contributed by atoms with Crippen molar-refractivity contribution in [1.82, 2.24) is 4.90 Å². The fourth-order valence-electron chi connectivity index (χ4n) is 2.23. The second kappa shape index (κ2) is 8.40. The largest absolute Gasteiger partial charge is 0.495 e. The quantitative estimate of drug-likeness (QED) is 0.712. The molecule has 130 valence electrons. The second-order valence-corrected chi connectivity index (χ2v) is 7.28. The number of ether oxygens (including phenoxy) is 1. The average Bonchev–Trinajstić information content (AvgIpc) is 2.47. The summed E-state index contributed by atoms with van der Waals surface area (Å²) in [5.74, 6) is 0.381. The Balaban J connectivity index is 2.99. The Kier molecular flexibility index (Phi) is 7.15. The molecule has 1 amide bonds. The van der Waals surface area contributed by atoms with Crippen LogP contribution in [0, 0.1) is 0 Å². The van der Waals surface area contributed by atoms with E-state index in [1.807, 2.05) is 13.8 Å². The molecule has 0 atom stereocenters. The Morgan fingerprint density at radius 1 is 1.26 bits per heavy atom. The van der Waals surface area contributed by atoms with Crippen LogP contribution < -0.4 is 9.04 Å². The van der Waals surface area contributed by atoms with E-state index in [4.69, 9.17) is 16.3 Å². The molecule has 0 unspecified atom stereocenters. The molecular formula is C15H23ClN2O4S. The molecule has 1 aromatic carbocycles. The van der Waals surface area contributed by atoms with Gasteiger partial charge in [-0.05, 0) is 32.0 Å². The first kappa shape index (κ1) is 19.6. The third-order valence-electron chi connectivity index (χ3n) is 3.47. The van der Waals surface area contributed by atoms with Gasteiger partial charge in [0.2, 0.25) is 15.9 Å². The number of halogens is 1. The van der Waals surface area contributed by atoms with Crippen molar-refractivity contribution in [3.63, 3.8) is 0 Å². The van der Waals surface area contributed by atoms with Gasteiger partial charge < -0.3 is 9.64 Å². The van der Waals surface area contributed by atoms with Crippen molar-refractivity contribution in [1.29, 1.82) is 0 Å². The van der Waals surface area contributed by atoms with Gasteiger partial charge in [0.15, 0.2) is 0 Å². The van der Waals surface area contributed by atoms with Crippen LogP contribution in [0.5, 0.6) is 5.75 Å². The molecule has 1 aromatic rings. The lowest BCUT2D eigenvalue weighted by molar-refractivity contribution is -0.130.